The second kappa shape index (κ2) is 5.96. The number of furan rings is 1. The minimum atomic E-state index is -1.18. The molecule has 1 aromatic heterocycles. The minimum absolute atomic E-state index is 0.000946. The van der Waals surface area contributed by atoms with Crippen LogP contribution < -0.4 is 0 Å². The maximum Gasteiger partial charge on any atom is 0.371 e. The van der Waals surface area contributed by atoms with Gasteiger partial charge in [0, 0.05) is 11.0 Å². The van der Waals surface area contributed by atoms with Crippen molar-refractivity contribution in [1.29, 1.82) is 0 Å². The molecule has 0 spiro atoms. The maximum absolute atomic E-state index is 12.6. The first kappa shape index (κ1) is 14.8. The quantitative estimate of drug-likeness (QED) is 0.901. The number of nitrogens with zero attached hydrogens (tertiary/aromatic N) is 1. The second-order valence-corrected chi connectivity index (χ2v) is 6.09. The van der Waals surface area contributed by atoms with Crippen LogP contribution in [0.2, 0.25) is 0 Å². The molecule has 1 N–H and O–H groups in total. The zero-order valence-electron chi connectivity index (χ0n) is 11.7. The van der Waals surface area contributed by atoms with E-state index in [1.165, 1.54) is 12.1 Å². The molecule has 1 aliphatic heterocycles. The van der Waals surface area contributed by atoms with Gasteiger partial charge in [-0.2, -0.15) is 0 Å². The van der Waals surface area contributed by atoms with Crippen molar-refractivity contribution in [3.8, 4) is 0 Å². The van der Waals surface area contributed by atoms with Crippen LogP contribution in [0.5, 0.6) is 0 Å². The lowest BCUT2D eigenvalue weighted by Gasteiger charge is -2.24. The molecule has 0 aliphatic carbocycles. The number of benzene rings is 1. The molecule has 1 amide bonds. The lowest BCUT2D eigenvalue weighted by molar-refractivity contribution is 0.0645. The monoisotopic (exact) mass is 363 g/mol. The number of carboxylic acid groups (broad SMARTS) is 1. The van der Waals surface area contributed by atoms with Crippen molar-refractivity contribution in [3.05, 3.63) is 58.0 Å². The molecule has 0 saturated carbocycles. The van der Waals surface area contributed by atoms with Gasteiger partial charge in [-0.25, -0.2) is 4.79 Å². The number of carbonyl (C=O) groups is 2. The molecule has 2 aromatic rings. The first-order valence-corrected chi connectivity index (χ1v) is 7.75. The summed E-state index contributed by atoms with van der Waals surface area (Å²) in [5.41, 5.74) is 1.07. The van der Waals surface area contributed by atoms with Gasteiger partial charge in [-0.15, -0.1) is 0 Å². The van der Waals surface area contributed by atoms with Crippen LogP contribution in [-0.2, 0) is 0 Å². The Balaban J connectivity index is 1.84. The minimum Gasteiger partial charge on any atom is -0.475 e. The van der Waals surface area contributed by atoms with Crippen LogP contribution >= 0.6 is 15.9 Å². The number of carbonyl (C=O) groups excluding carboxylic acids is 1. The molecule has 3 rings (SSSR count). The summed E-state index contributed by atoms with van der Waals surface area (Å²) >= 11 is 3.40. The molecule has 0 radical (unpaired) electrons. The Bertz CT molecular complexity index is 707. The summed E-state index contributed by atoms with van der Waals surface area (Å²) in [6.45, 7) is 0.642. The fourth-order valence-electron chi connectivity index (χ4n) is 2.75. The van der Waals surface area contributed by atoms with Crippen molar-refractivity contribution in [2.24, 2.45) is 0 Å². The van der Waals surface area contributed by atoms with E-state index >= 15 is 0 Å². The number of amides is 1. The largest absolute Gasteiger partial charge is 0.475 e. The topological polar surface area (TPSA) is 70.8 Å². The van der Waals surface area contributed by atoms with Gasteiger partial charge in [-0.3, -0.25) is 4.79 Å². The number of hydrogen-bond donors (Lipinski definition) is 1. The summed E-state index contributed by atoms with van der Waals surface area (Å²) in [5.74, 6) is -1.59. The van der Waals surface area contributed by atoms with Crippen LogP contribution in [0, 0.1) is 0 Å². The molecule has 0 bridgehead atoms. The highest BCUT2D eigenvalue weighted by atomic mass is 79.9. The van der Waals surface area contributed by atoms with Crippen LogP contribution in [0.15, 0.2) is 45.3 Å². The van der Waals surface area contributed by atoms with Crippen LogP contribution in [-0.4, -0.2) is 28.4 Å². The number of carboxylic acids is 1. The average Bonchev–Trinajstić information content (AvgIpc) is 3.17. The Morgan fingerprint density at radius 3 is 2.45 bits per heavy atom. The van der Waals surface area contributed by atoms with E-state index in [-0.39, 0.29) is 23.5 Å². The highest BCUT2D eigenvalue weighted by molar-refractivity contribution is 9.10. The van der Waals surface area contributed by atoms with Crippen molar-refractivity contribution in [2.75, 3.05) is 6.54 Å². The standard InChI is InChI=1S/C16H14BrNO4/c17-11-5-3-10(4-6-11)12-2-1-9-18(12)15(19)13-7-8-14(22-13)16(20)21/h3-8,12H,1-2,9H2,(H,20,21). The normalized spacial score (nSPS) is 17.7. The molecule has 1 aromatic carbocycles. The smallest absolute Gasteiger partial charge is 0.371 e. The first-order chi connectivity index (χ1) is 10.6. The lowest BCUT2D eigenvalue weighted by atomic mass is 10.0. The first-order valence-electron chi connectivity index (χ1n) is 6.96. The Labute approximate surface area is 135 Å². The van der Waals surface area contributed by atoms with Crippen molar-refractivity contribution >= 4 is 27.8 Å². The van der Waals surface area contributed by atoms with E-state index in [2.05, 4.69) is 15.9 Å². The zero-order valence-corrected chi connectivity index (χ0v) is 13.2. The van der Waals surface area contributed by atoms with E-state index in [1.807, 2.05) is 24.3 Å². The Morgan fingerprint density at radius 2 is 1.82 bits per heavy atom. The summed E-state index contributed by atoms with van der Waals surface area (Å²) in [5, 5.41) is 8.88. The van der Waals surface area contributed by atoms with Gasteiger partial charge in [0.15, 0.2) is 5.76 Å². The van der Waals surface area contributed by atoms with Gasteiger partial charge in [0.25, 0.3) is 5.91 Å². The third-order valence-electron chi connectivity index (χ3n) is 3.80. The third kappa shape index (κ3) is 2.78. The molecule has 5 nitrogen and oxygen atoms in total. The van der Waals surface area contributed by atoms with Gasteiger partial charge >= 0.3 is 5.97 Å². The van der Waals surface area contributed by atoms with Crippen molar-refractivity contribution < 1.29 is 19.1 Å². The zero-order chi connectivity index (χ0) is 15.7. The van der Waals surface area contributed by atoms with Gasteiger partial charge in [0.2, 0.25) is 5.76 Å². The highest BCUT2D eigenvalue weighted by Gasteiger charge is 2.32. The summed E-state index contributed by atoms with van der Waals surface area (Å²) < 4.78 is 6.11. The molecule has 1 unspecified atom stereocenters. The van der Waals surface area contributed by atoms with Crippen LogP contribution in [0.3, 0.4) is 0 Å². The van der Waals surface area contributed by atoms with E-state index in [0.717, 1.165) is 22.9 Å². The lowest BCUT2D eigenvalue weighted by Crippen LogP contribution is -2.30. The van der Waals surface area contributed by atoms with Gasteiger partial charge in [0.1, 0.15) is 0 Å². The molecule has 1 fully saturated rings. The predicted molar refractivity (Wildman–Crippen MR) is 82.8 cm³/mol. The number of halogens is 1. The van der Waals surface area contributed by atoms with Gasteiger partial charge in [0.05, 0.1) is 6.04 Å². The summed E-state index contributed by atoms with van der Waals surface area (Å²) in [6.07, 6.45) is 1.80. The number of aromatic carboxylic acids is 1. The summed E-state index contributed by atoms with van der Waals surface area (Å²) in [7, 11) is 0. The molecule has 22 heavy (non-hydrogen) atoms. The summed E-state index contributed by atoms with van der Waals surface area (Å²) in [4.78, 5) is 25.2. The molecule has 1 atom stereocenters. The molecule has 1 saturated heterocycles. The van der Waals surface area contributed by atoms with E-state index in [1.54, 1.807) is 4.90 Å². The van der Waals surface area contributed by atoms with E-state index < -0.39 is 5.97 Å². The second-order valence-electron chi connectivity index (χ2n) is 5.18. The molecule has 114 valence electrons. The van der Waals surface area contributed by atoms with Gasteiger partial charge in [-0.05, 0) is 42.7 Å². The fraction of sp³-hybridized carbons (Fsp3) is 0.250. The van der Waals surface area contributed by atoms with Gasteiger partial charge < -0.3 is 14.4 Å². The summed E-state index contributed by atoms with van der Waals surface area (Å²) in [6, 6.07) is 10.6. The Morgan fingerprint density at radius 1 is 1.14 bits per heavy atom. The Kier molecular flexibility index (Phi) is 4.02. The van der Waals surface area contributed by atoms with E-state index in [0.29, 0.717) is 6.54 Å². The number of likely N-dealkylation sites (tertiary alicyclic amines) is 1. The SMILES string of the molecule is O=C(O)c1ccc(C(=O)N2CCCC2c2ccc(Br)cc2)o1. The molecular weight excluding hydrogens is 350 g/mol. The van der Waals surface area contributed by atoms with Gasteiger partial charge in [-0.1, -0.05) is 28.1 Å². The van der Waals surface area contributed by atoms with E-state index in [4.69, 9.17) is 9.52 Å². The molecular formula is C16H14BrNO4. The van der Waals surface area contributed by atoms with Crippen LogP contribution in [0.25, 0.3) is 0 Å². The average molecular weight is 364 g/mol. The van der Waals surface area contributed by atoms with Crippen molar-refractivity contribution in [2.45, 2.75) is 18.9 Å². The molecule has 6 heteroatoms. The third-order valence-corrected chi connectivity index (χ3v) is 4.32. The number of hydrogen-bond acceptors (Lipinski definition) is 3. The fourth-order valence-corrected chi connectivity index (χ4v) is 3.01. The predicted octanol–water partition coefficient (Wildman–Crippen LogP) is 3.72. The van der Waals surface area contributed by atoms with E-state index in [9.17, 15) is 9.59 Å². The number of rotatable bonds is 3. The van der Waals surface area contributed by atoms with Crippen molar-refractivity contribution in [1.82, 2.24) is 4.90 Å². The molecule has 2 heterocycles. The van der Waals surface area contributed by atoms with Crippen LogP contribution in [0.4, 0.5) is 0 Å². The Hall–Kier alpha value is -2.08. The maximum atomic E-state index is 12.6. The van der Waals surface area contributed by atoms with Crippen molar-refractivity contribution in [3.63, 3.8) is 0 Å². The van der Waals surface area contributed by atoms with Crippen LogP contribution in [0.1, 0.15) is 45.6 Å². The molecule has 1 aliphatic rings. The highest BCUT2D eigenvalue weighted by Crippen LogP contribution is 2.33.